The summed E-state index contributed by atoms with van der Waals surface area (Å²) in [5.41, 5.74) is 0. The van der Waals surface area contributed by atoms with Crippen molar-refractivity contribution in [3.8, 4) is 0 Å². The minimum absolute atomic E-state index is 0.418. The van der Waals surface area contributed by atoms with Crippen LogP contribution in [0.3, 0.4) is 0 Å². The zero-order valence-corrected chi connectivity index (χ0v) is 11.0. The van der Waals surface area contributed by atoms with Crippen LogP contribution in [0.15, 0.2) is 0 Å². The number of piperidine rings is 1. The van der Waals surface area contributed by atoms with E-state index >= 15 is 0 Å². The van der Waals surface area contributed by atoms with Crippen LogP contribution in [0, 0.1) is 0 Å². The van der Waals surface area contributed by atoms with Crippen molar-refractivity contribution in [1.29, 1.82) is 0 Å². The van der Waals surface area contributed by atoms with Gasteiger partial charge in [-0.2, -0.15) is 4.37 Å². The first-order valence-corrected chi connectivity index (χ1v) is 6.59. The molecule has 2 rings (SSSR count). The first-order chi connectivity index (χ1) is 7.70. The molecule has 0 aliphatic carbocycles. The average Bonchev–Trinajstić information content (AvgIpc) is 2.78. The molecule has 0 saturated carbocycles. The topological polar surface area (TPSA) is 38.2 Å². The van der Waals surface area contributed by atoms with E-state index in [4.69, 9.17) is 4.74 Å². The Morgan fingerprint density at radius 1 is 1.38 bits per heavy atom. The monoisotopic (exact) mass is 241 g/mol. The molecule has 0 radical (unpaired) electrons. The summed E-state index contributed by atoms with van der Waals surface area (Å²) in [5, 5.41) is 1.07. The van der Waals surface area contributed by atoms with E-state index in [0.29, 0.717) is 12.0 Å². The molecule has 0 aromatic carbocycles. The molecule has 0 amide bonds. The zero-order chi connectivity index (χ0) is 11.5. The third kappa shape index (κ3) is 2.52. The van der Waals surface area contributed by atoms with Crippen molar-refractivity contribution < 1.29 is 4.74 Å². The first-order valence-electron chi connectivity index (χ1n) is 5.82. The van der Waals surface area contributed by atoms with Crippen molar-refractivity contribution in [2.75, 3.05) is 25.1 Å². The molecule has 0 unspecified atom stereocenters. The molecule has 1 aromatic rings. The van der Waals surface area contributed by atoms with Gasteiger partial charge in [-0.1, -0.05) is 13.8 Å². The summed E-state index contributed by atoms with van der Waals surface area (Å²) >= 11 is 1.52. The maximum atomic E-state index is 5.36. The molecular weight excluding hydrogens is 222 g/mol. The van der Waals surface area contributed by atoms with E-state index in [1.165, 1.54) is 11.5 Å². The van der Waals surface area contributed by atoms with Crippen LogP contribution in [-0.2, 0) is 4.74 Å². The van der Waals surface area contributed by atoms with Gasteiger partial charge in [0.05, 0.1) is 6.10 Å². The van der Waals surface area contributed by atoms with Crippen LogP contribution in [0.25, 0.3) is 0 Å². The Labute approximate surface area is 101 Å². The zero-order valence-electron chi connectivity index (χ0n) is 10.1. The van der Waals surface area contributed by atoms with Crippen molar-refractivity contribution in [1.82, 2.24) is 9.36 Å². The van der Waals surface area contributed by atoms with Crippen LogP contribution < -0.4 is 4.90 Å². The first kappa shape index (κ1) is 11.8. The Bertz CT molecular complexity index is 332. The fourth-order valence-electron chi connectivity index (χ4n) is 1.87. The van der Waals surface area contributed by atoms with Gasteiger partial charge in [0.2, 0.25) is 5.13 Å². The molecule has 0 atom stereocenters. The lowest BCUT2D eigenvalue weighted by molar-refractivity contribution is 0.0819. The maximum absolute atomic E-state index is 5.36. The molecule has 90 valence electrons. The van der Waals surface area contributed by atoms with Gasteiger partial charge in [-0.3, -0.25) is 0 Å². The lowest BCUT2D eigenvalue weighted by Crippen LogP contribution is -2.36. The van der Waals surface area contributed by atoms with Crippen molar-refractivity contribution >= 4 is 16.7 Å². The molecule has 0 N–H and O–H groups in total. The highest BCUT2D eigenvalue weighted by atomic mass is 32.1. The molecule has 1 aliphatic heterocycles. The Balaban J connectivity index is 1.97. The van der Waals surface area contributed by atoms with E-state index in [0.717, 1.165) is 36.9 Å². The average molecular weight is 241 g/mol. The summed E-state index contributed by atoms with van der Waals surface area (Å²) in [7, 11) is 1.79. The molecule has 5 heteroatoms. The number of hydrogen-bond acceptors (Lipinski definition) is 5. The van der Waals surface area contributed by atoms with E-state index in [2.05, 4.69) is 28.1 Å². The van der Waals surface area contributed by atoms with E-state index in [9.17, 15) is 0 Å². The van der Waals surface area contributed by atoms with Crippen LogP contribution in [-0.4, -0.2) is 35.7 Å². The lowest BCUT2D eigenvalue weighted by Gasteiger charge is -2.30. The molecule has 1 fully saturated rings. The molecule has 1 saturated heterocycles. The lowest BCUT2D eigenvalue weighted by atomic mass is 10.1. The Morgan fingerprint density at radius 2 is 2.06 bits per heavy atom. The summed E-state index contributed by atoms with van der Waals surface area (Å²) in [6, 6.07) is 0. The van der Waals surface area contributed by atoms with Crippen LogP contribution in [0.2, 0.25) is 0 Å². The van der Waals surface area contributed by atoms with Gasteiger partial charge in [-0.05, 0) is 12.8 Å². The van der Waals surface area contributed by atoms with E-state index < -0.39 is 0 Å². The summed E-state index contributed by atoms with van der Waals surface area (Å²) in [6.07, 6.45) is 2.61. The fourth-order valence-corrected chi connectivity index (χ4v) is 2.73. The molecule has 2 heterocycles. The van der Waals surface area contributed by atoms with Gasteiger partial charge in [0.1, 0.15) is 5.82 Å². The van der Waals surface area contributed by atoms with Crippen LogP contribution >= 0.6 is 11.5 Å². The second kappa shape index (κ2) is 5.10. The fraction of sp³-hybridized carbons (Fsp3) is 0.818. The van der Waals surface area contributed by atoms with Crippen LogP contribution in [0.4, 0.5) is 5.13 Å². The van der Waals surface area contributed by atoms with Crippen molar-refractivity contribution in [2.45, 2.75) is 38.7 Å². The van der Waals surface area contributed by atoms with E-state index in [-0.39, 0.29) is 0 Å². The number of hydrogen-bond donors (Lipinski definition) is 0. The predicted molar refractivity (Wildman–Crippen MR) is 66.2 cm³/mol. The highest BCUT2D eigenvalue weighted by Crippen LogP contribution is 2.24. The number of methoxy groups -OCH3 is 1. The molecule has 1 aliphatic rings. The number of nitrogens with zero attached hydrogens (tertiary/aromatic N) is 3. The minimum atomic E-state index is 0.418. The van der Waals surface area contributed by atoms with Crippen LogP contribution in [0.5, 0.6) is 0 Å². The van der Waals surface area contributed by atoms with Gasteiger partial charge in [0.15, 0.2) is 0 Å². The Morgan fingerprint density at radius 3 is 2.56 bits per heavy atom. The number of rotatable bonds is 3. The smallest absolute Gasteiger partial charge is 0.205 e. The molecule has 0 spiro atoms. The largest absolute Gasteiger partial charge is 0.381 e. The maximum Gasteiger partial charge on any atom is 0.205 e. The van der Waals surface area contributed by atoms with Gasteiger partial charge in [-0.25, -0.2) is 4.98 Å². The molecular formula is C11H19N3OS. The summed E-state index contributed by atoms with van der Waals surface area (Å²) in [6.45, 7) is 6.32. The van der Waals surface area contributed by atoms with Gasteiger partial charge in [0, 0.05) is 37.6 Å². The van der Waals surface area contributed by atoms with Crippen molar-refractivity contribution in [3.05, 3.63) is 5.82 Å². The predicted octanol–water partition coefficient (Wildman–Crippen LogP) is 2.28. The van der Waals surface area contributed by atoms with Crippen molar-refractivity contribution in [3.63, 3.8) is 0 Å². The SMILES string of the molecule is COC1CCN(c2nc(C(C)C)ns2)CC1. The highest BCUT2D eigenvalue weighted by molar-refractivity contribution is 7.09. The van der Waals surface area contributed by atoms with Crippen molar-refractivity contribution in [2.24, 2.45) is 0 Å². The summed E-state index contributed by atoms with van der Waals surface area (Å²) < 4.78 is 9.75. The Kier molecular flexibility index (Phi) is 3.76. The normalized spacial score (nSPS) is 18.4. The highest BCUT2D eigenvalue weighted by Gasteiger charge is 2.21. The Hall–Kier alpha value is -0.680. The van der Waals surface area contributed by atoms with Crippen LogP contribution in [0.1, 0.15) is 38.4 Å². The third-order valence-electron chi connectivity index (χ3n) is 2.99. The summed E-state index contributed by atoms with van der Waals surface area (Å²) in [4.78, 5) is 6.90. The number of aromatic nitrogens is 2. The standard InChI is InChI=1S/C11H19N3OS/c1-8(2)10-12-11(16-13-10)14-6-4-9(15-3)5-7-14/h8-9H,4-7H2,1-3H3. The van der Waals surface area contributed by atoms with Gasteiger partial charge >= 0.3 is 0 Å². The number of anilines is 1. The minimum Gasteiger partial charge on any atom is -0.381 e. The number of ether oxygens (including phenoxy) is 1. The van der Waals surface area contributed by atoms with Gasteiger partial charge in [-0.15, -0.1) is 0 Å². The van der Waals surface area contributed by atoms with E-state index in [1.807, 2.05) is 0 Å². The third-order valence-corrected chi connectivity index (χ3v) is 3.78. The summed E-state index contributed by atoms with van der Waals surface area (Å²) in [5.74, 6) is 1.38. The second-order valence-corrected chi connectivity index (χ2v) is 5.24. The molecule has 16 heavy (non-hydrogen) atoms. The molecule has 4 nitrogen and oxygen atoms in total. The quantitative estimate of drug-likeness (QED) is 0.813. The van der Waals surface area contributed by atoms with Gasteiger partial charge < -0.3 is 9.64 Å². The molecule has 0 bridgehead atoms. The van der Waals surface area contributed by atoms with E-state index in [1.54, 1.807) is 7.11 Å². The second-order valence-electron chi connectivity index (χ2n) is 4.51. The van der Waals surface area contributed by atoms with Gasteiger partial charge in [0.25, 0.3) is 0 Å². The molecule has 1 aromatic heterocycles.